The fourth-order valence-electron chi connectivity index (χ4n) is 6.95. The average Bonchev–Trinajstić information content (AvgIpc) is 3.97. The molecule has 1 aliphatic heterocycles. The van der Waals surface area contributed by atoms with Gasteiger partial charge < -0.3 is 25.0 Å². The Balaban J connectivity index is 1.30. The number of likely N-dealkylation sites (tertiary alicyclic amines) is 1. The number of carbonyl (C=O) groups excluding carboxylic acids is 5. The van der Waals surface area contributed by atoms with Gasteiger partial charge in [0.2, 0.25) is 21.8 Å². The molecular formula is C38H47N5O9S. The highest BCUT2D eigenvalue weighted by Gasteiger charge is 2.62. The van der Waals surface area contributed by atoms with Gasteiger partial charge in [0.25, 0.3) is 5.91 Å². The van der Waals surface area contributed by atoms with Gasteiger partial charge >= 0.3 is 12.2 Å². The maximum Gasteiger partial charge on any atom is 0.419 e. The zero-order valence-electron chi connectivity index (χ0n) is 30.8. The van der Waals surface area contributed by atoms with E-state index in [1.165, 1.54) is 15.5 Å². The van der Waals surface area contributed by atoms with Gasteiger partial charge in [0.1, 0.15) is 29.3 Å². The number of rotatable bonds is 9. The molecule has 3 aliphatic rings. The van der Waals surface area contributed by atoms with Crippen molar-refractivity contribution in [3.05, 3.63) is 61.2 Å². The van der Waals surface area contributed by atoms with E-state index in [4.69, 9.17) is 9.47 Å². The number of hydrogen-bond acceptors (Lipinski definition) is 9. The number of amides is 4. The van der Waals surface area contributed by atoms with Gasteiger partial charge in [-0.2, -0.15) is 0 Å². The van der Waals surface area contributed by atoms with Gasteiger partial charge in [0, 0.05) is 23.1 Å². The fraction of sp³-hybridized carbons (Fsp3) is 0.500. The number of benzene rings is 2. The normalized spacial score (nSPS) is 23.6. The van der Waals surface area contributed by atoms with Crippen LogP contribution in [0.2, 0.25) is 0 Å². The van der Waals surface area contributed by atoms with E-state index in [1.54, 1.807) is 53.7 Å². The number of nitrogens with zero attached hydrogens (tertiary/aromatic N) is 2. The standard InChI is InChI=1S/C38H47N5O9S/c1-8-22-20-38(22,33(46)41-53(49,50)24-17-18-24)40-31(44)29-19-23(21-42(29)32(45)30(36(2,3)4)39-34(47)52-37(5,6)7)51-35(48)43-27-15-11-9-13-25(27)26-14-10-12-16-28(26)43/h8-16,22-24,29-30H,1,17-21H2,2-7H3,(H,39,47)(H,40,44)(H,41,46)/t22?,23-,29+,30-,38-/m1/s1. The summed E-state index contributed by atoms with van der Waals surface area (Å²) in [7, 11) is -3.93. The zero-order chi connectivity index (χ0) is 38.7. The Hall–Kier alpha value is -4.92. The molecule has 3 fully saturated rings. The molecule has 0 radical (unpaired) electrons. The van der Waals surface area contributed by atoms with Crippen molar-refractivity contribution in [3.63, 3.8) is 0 Å². The fourth-order valence-corrected chi connectivity index (χ4v) is 8.31. The molecule has 0 spiro atoms. The van der Waals surface area contributed by atoms with Crippen LogP contribution < -0.4 is 15.4 Å². The molecule has 6 rings (SSSR count). The van der Waals surface area contributed by atoms with Crippen molar-refractivity contribution in [1.82, 2.24) is 24.8 Å². The molecule has 3 N–H and O–H groups in total. The number of aromatic nitrogens is 1. The van der Waals surface area contributed by atoms with Crippen LogP contribution in [0.4, 0.5) is 9.59 Å². The largest absolute Gasteiger partial charge is 0.444 e. The van der Waals surface area contributed by atoms with Crippen LogP contribution >= 0.6 is 0 Å². The van der Waals surface area contributed by atoms with E-state index in [-0.39, 0.29) is 19.4 Å². The first kappa shape index (κ1) is 37.8. The molecule has 2 saturated carbocycles. The maximum atomic E-state index is 14.5. The molecule has 3 aromatic rings. The van der Waals surface area contributed by atoms with Gasteiger partial charge in [-0.05, 0) is 57.6 Å². The van der Waals surface area contributed by atoms with Crippen LogP contribution in [0.1, 0.15) is 67.2 Å². The van der Waals surface area contributed by atoms with Gasteiger partial charge in [0.15, 0.2) is 0 Å². The van der Waals surface area contributed by atoms with Crippen molar-refractivity contribution in [2.24, 2.45) is 11.3 Å². The number of alkyl carbamates (subject to hydrolysis) is 1. The third-order valence-electron chi connectivity index (χ3n) is 9.90. The zero-order valence-corrected chi connectivity index (χ0v) is 31.6. The predicted octanol–water partition coefficient (Wildman–Crippen LogP) is 4.36. The second-order valence-corrected chi connectivity index (χ2v) is 18.2. The number of ether oxygens (including phenoxy) is 2. The maximum absolute atomic E-state index is 14.5. The van der Waals surface area contributed by atoms with Crippen LogP contribution in [0.3, 0.4) is 0 Å². The van der Waals surface area contributed by atoms with Crippen molar-refractivity contribution < 1.29 is 41.9 Å². The van der Waals surface area contributed by atoms with Gasteiger partial charge in [-0.1, -0.05) is 63.2 Å². The summed E-state index contributed by atoms with van der Waals surface area (Å²) in [6, 6.07) is 12.3. The highest BCUT2D eigenvalue weighted by Crippen LogP contribution is 2.45. The Morgan fingerprint density at radius 3 is 2.04 bits per heavy atom. The predicted molar refractivity (Wildman–Crippen MR) is 197 cm³/mol. The smallest absolute Gasteiger partial charge is 0.419 e. The van der Waals surface area contributed by atoms with Crippen LogP contribution in [-0.4, -0.2) is 88.9 Å². The van der Waals surface area contributed by atoms with Crippen LogP contribution in [0.25, 0.3) is 21.8 Å². The third-order valence-corrected chi connectivity index (χ3v) is 11.7. The van der Waals surface area contributed by atoms with Crippen molar-refractivity contribution in [3.8, 4) is 0 Å². The quantitative estimate of drug-likeness (QED) is 0.268. The Labute approximate surface area is 308 Å². The molecule has 1 unspecified atom stereocenters. The molecule has 2 heterocycles. The highest BCUT2D eigenvalue weighted by molar-refractivity contribution is 7.91. The summed E-state index contributed by atoms with van der Waals surface area (Å²) >= 11 is 0. The van der Waals surface area contributed by atoms with E-state index in [0.717, 1.165) is 10.8 Å². The first-order valence-corrected chi connectivity index (χ1v) is 19.3. The molecule has 15 heteroatoms. The molecule has 0 bridgehead atoms. The lowest BCUT2D eigenvalue weighted by Gasteiger charge is -2.36. The monoisotopic (exact) mass is 749 g/mol. The molecule has 2 aliphatic carbocycles. The molecule has 4 amide bonds. The molecule has 5 atom stereocenters. The van der Waals surface area contributed by atoms with E-state index in [1.807, 2.05) is 36.4 Å². The Morgan fingerprint density at radius 2 is 1.53 bits per heavy atom. The number of nitrogens with one attached hydrogen (secondary N) is 3. The van der Waals surface area contributed by atoms with Crippen molar-refractivity contribution in [2.45, 2.75) is 102 Å². The van der Waals surface area contributed by atoms with Crippen molar-refractivity contribution in [1.29, 1.82) is 0 Å². The first-order valence-electron chi connectivity index (χ1n) is 17.8. The molecule has 1 saturated heterocycles. The number of sulfonamides is 1. The Kier molecular flexibility index (Phi) is 9.63. The van der Waals surface area contributed by atoms with Gasteiger partial charge in [-0.15, -0.1) is 6.58 Å². The SMILES string of the molecule is C=CC1C[C@]1(NC(=O)[C@@H]1C[C@@H](OC(=O)n2c3ccccc3c3ccccc32)CN1C(=O)[C@@H](NC(=O)OC(C)(C)C)C(C)(C)C)C(=O)NS(=O)(=O)C1CC1. The number of para-hydroxylation sites is 2. The van der Waals surface area contributed by atoms with E-state index >= 15 is 0 Å². The molecule has 14 nitrogen and oxygen atoms in total. The summed E-state index contributed by atoms with van der Waals surface area (Å²) in [4.78, 5) is 70.4. The third kappa shape index (κ3) is 7.62. The van der Waals surface area contributed by atoms with Crippen LogP contribution in [0, 0.1) is 11.3 Å². The molecule has 53 heavy (non-hydrogen) atoms. The van der Waals surface area contributed by atoms with E-state index in [0.29, 0.717) is 23.9 Å². The topological polar surface area (TPSA) is 182 Å². The number of hydrogen-bond donors (Lipinski definition) is 3. The summed E-state index contributed by atoms with van der Waals surface area (Å²) in [6.45, 7) is 13.8. The average molecular weight is 750 g/mol. The minimum atomic E-state index is -3.93. The summed E-state index contributed by atoms with van der Waals surface area (Å²) in [5.41, 5.74) is -2.09. The Bertz CT molecular complexity index is 2060. The first-order chi connectivity index (χ1) is 24.8. The summed E-state index contributed by atoms with van der Waals surface area (Å²) < 4.78 is 40.4. The second-order valence-electron chi connectivity index (χ2n) is 16.2. The minimum Gasteiger partial charge on any atom is -0.444 e. The Morgan fingerprint density at radius 1 is 0.943 bits per heavy atom. The van der Waals surface area contributed by atoms with Gasteiger partial charge in [-0.25, -0.2) is 22.6 Å². The summed E-state index contributed by atoms with van der Waals surface area (Å²) in [5.74, 6) is -2.83. The lowest BCUT2D eigenvalue weighted by molar-refractivity contribution is -0.143. The van der Waals surface area contributed by atoms with Crippen LogP contribution in [-0.2, 0) is 33.9 Å². The molecule has 284 valence electrons. The van der Waals surface area contributed by atoms with Crippen LogP contribution in [0.5, 0.6) is 0 Å². The molecular weight excluding hydrogens is 703 g/mol. The lowest BCUT2D eigenvalue weighted by atomic mass is 9.85. The summed E-state index contributed by atoms with van der Waals surface area (Å²) in [6.07, 6.45) is -0.210. The lowest BCUT2D eigenvalue weighted by Crippen LogP contribution is -2.60. The van der Waals surface area contributed by atoms with E-state index in [9.17, 15) is 32.4 Å². The second kappa shape index (κ2) is 13.5. The van der Waals surface area contributed by atoms with E-state index in [2.05, 4.69) is 21.9 Å². The van der Waals surface area contributed by atoms with Gasteiger partial charge in [-0.3, -0.25) is 19.1 Å². The van der Waals surface area contributed by atoms with Gasteiger partial charge in [0.05, 0.1) is 22.8 Å². The molecule has 2 aromatic carbocycles. The highest BCUT2D eigenvalue weighted by atomic mass is 32.2. The van der Waals surface area contributed by atoms with E-state index < -0.39 is 85.8 Å². The number of fused-ring (bicyclic) bond motifs is 3. The number of carbonyl (C=O) groups is 5. The van der Waals surface area contributed by atoms with Crippen molar-refractivity contribution in [2.75, 3.05) is 6.54 Å². The van der Waals surface area contributed by atoms with Crippen LogP contribution in [0.15, 0.2) is 61.2 Å². The summed E-state index contributed by atoms with van der Waals surface area (Å²) in [5, 5.41) is 6.42. The van der Waals surface area contributed by atoms with Crippen molar-refractivity contribution >= 4 is 61.7 Å². The molecule has 1 aromatic heterocycles. The minimum absolute atomic E-state index is 0.103.